The molecule has 0 aliphatic rings. The molecule has 0 aliphatic carbocycles. The summed E-state index contributed by atoms with van der Waals surface area (Å²) in [5.74, 6) is -2.05. The first-order chi connectivity index (χ1) is 9.11. The van der Waals surface area contributed by atoms with Crippen LogP contribution in [0.15, 0.2) is 24.4 Å². The van der Waals surface area contributed by atoms with Gasteiger partial charge in [0.1, 0.15) is 0 Å². The van der Waals surface area contributed by atoms with Gasteiger partial charge in [-0.15, -0.1) is 0 Å². The van der Waals surface area contributed by atoms with E-state index in [1.807, 2.05) is 19.1 Å². The molecule has 0 radical (unpaired) electrons. The smallest absolute Gasteiger partial charge is 0.168 e. The summed E-state index contributed by atoms with van der Waals surface area (Å²) < 4.78 is 26.4. The minimum Gasteiger partial charge on any atom is -0.381 e. The molecule has 0 fully saturated rings. The van der Waals surface area contributed by atoms with Crippen LogP contribution in [-0.2, 0) is 13.0 Å². The van der Waals surface area contributed by atoms with Crippen LogP contribution in [-0.4, -0.2) is 9.97 Å². The van der Waals surface area contributed by atoms with Gasteiger partial charge in [-0.05, 0) is 18.1 Å². The third-order valence-corrected chi connectivity index (χ3v) is 2.75. The molecular weight excluding hydrogens is 250 g/mol. The lowest BCUT2D eigenvalue weighted by Crippen LogP contribution is -2.09. The van der Waals surface area contributed by atoms with E-state index in [1.54, 1.807) is 6.20 Å². The molecular formula is C13H14F2N4. The number of aromatic nitrogens is 2. The zero-order chi connectivity index (χ0) is 13.8. The molecule has 100 valence electrons. The van der Waals surface area contributed by atoms with Gasteiger partial charge in [-0.25, -0.2) is 13.8 Å². The molecule has 0 atom stereocenters. The number of nitrogen functional groups attached to an aromatic ring is 1. The number of anilines is 2. The Hall–Kier alpha value is -2.24. The van der Waals surface area contributed by atoms with Gasteiger partial charge in [0.2, 0.25) is 0 Å². The van der Waals surface area contributed by atoms with Crippen LogP contribution in [0.4, 0.5) is 20.4 Å². The highest BCUT2D eigenvalue weighted by atomic mass is 19.1. The van der Waals surface area contributed by atoms with Crippen molar-refractivity contribution in [1.29, 1.82) is 0 Å². The van der Waals surface area contributed by atoms with Crippen LogP contribution < -0.4 is 11.1 Å². The van der Waals surface area contributed by atoms with Crippen LogP contribution in [0, 0.1) is 11.6 Å². The van der Waals surface area contributed by atoms with Gasteiger partial charge < -0.3 is 11.1 Å². The first kappa shape index (κ1) is 13.2. The van der Waals surface area contributed by atoms with Crippen LogP contribution in [0.25, 0.3) is 0 Å². The van der Waals surface area contributed by atoms with E-state index < -0.39 is 11.6 Å². The van der Waals surface area contributed by atoms with Crippen LogP contribution in [0.2, 0.25) is 0 Å². The highest BCUT2D eigenvalue weighted by molar-refractivity contribution is 5.45. The SMILES string of the molecule is CCc1cccnc1CNc1nc(N)c(F)cc1F. The average Bonchev–Trinajstić information content (AvgIpc) is 2.41. The Balaban J connectivity index is 2.17. The lowest BCUT2D eigenvalue weighted by Gasteiger charge is -2.10. The topological polar surface area (TPSA) is 63.8 Å². The summed E-state index contributed by atoms with van der Waals surface area (Å²) in [6.45, 7) is 2.31. The molecule has 0 bridgehead atoms. The number of pyridine rings is 2. The molecule has 6 heteroatoms. The van der Waals surface area contributed by atoms with E-state index in [9.17, 15) is 8.78 Å². The summed E-state index contributed by atoms with van der Waals surface area (Å²) in [4.78, 5) is 7.85. The molecule has 0 amide bonds. The molecule has 0 spiro atoms. The van der Waals surface area contributed by atoms with Crippen molar-refractivity contribution < 1.29 is 8.78 Å². The van der Waals surface area contributed by atoms with Crippen molar-refractivity contribution in [2.75, 3.05) is 11.1 Å². The zero-order valence-corrected chi connectivity index (χ0v) is 10.5. The Morgan fingerprint density at radius 2 is 2.11 bits per heavy atom. The summed E-state index contributed by atoms with van der Waals surface area (Å²) in [7, 11) is 0. The van der Waals surface area contributed by atoms with Crippen molar-refractivity contribution in [3.63, 3.8) is 0 Å². The monoisotopic (exact) mass is 264 g/mol. The number of hydrogen-bond donors (Lipinski definition) is 2. The van der Waals surface area contributed by atoms with Gasteiger partial charge in [0, 0.05) is 12.3 Å². The Morgan fingerprint density at radius 3 is 2.84 bits per heavy atom. The maximum absolute atomic E-state index is 13.5. The molecule has 2 aromatic heterocycles. The molecule has 4 nitrogen and oxygen atoms in total. The molecule has 2 rings (SSSR count). The second kappa shape index (κ2) is 5.60. The molecule has 19 heavy (non-hydrogen) atoms. The van der Waals surface area contributed by atoms with Gasteiger partial charge >= 0.3 is 0 Å². The molecule has 0 saturated carbocycles. The summed E-state index contributed by atoms with van der Waals surface area (Å²) in [5.41, 5.74) is 7.17. The average molecular weight is 264 g/mol. The van der Waals surface area contributed by atoms with Crippen LogP contribution in [0.5, 0.6) is 0 Å². The van der Waals surface area contributed by atoms with Crippen molar-refractivity contribution in [2.45, 2.75) is 19.9 Å². The van der Waals surface area contributed by atoms with Crippen molar-refractivity contribution >= 4 is 11.6 Å². The van der Waals surface area contributed by atoms with Crippen molar-refractivity contribution in [1.82, 2.24) is 9.97 Å². The largest absolute Gasteiger partial charge is 0.381 e. The number of hydrogen-bond acceptors (Lipinski definition) is 4. The van der Waals surface area contributed by atoms with E-state index in [0.717, 1.165) is 17.7 Å². The number of halogens is 2. The molecule has 0 unspecified atom stereocenters. The maximum atomic E-state index is 13.5. The van der Waals surface area contributed by atoms with Crippen LogP contribution >= 0.6 is 0 Å². The van der Waals surface area contributed by atoms with Crippen molar-refractivity contribution in [3.8, 4) is 0 Å². The van der Waals surface area contributed by atoms with E-state index in [1.165, 1.54) is 0 Å². The fourth-order valence-corrected chi connectivity index (χ4v) is 1.72. The molecule has 0 aromatic carbocycles. The van der Waals surface area contributed by atoms with E-state index in [4.69, 9.17) is 5.73 Å². The van der Waals surface area contributed by atoms with Crippen molar-refractivity contribution in [3.05, 3.63) is 47.3 Å². The lowest BCUT2D eigenvalue weighted by molar-refractivity contribution is 0.579. The summed E-state index contributed by atoms with van der Waals surface area (Å²) in [5, 5.41) is 2.78. The summed E-state index contributed by atoms with van der Waals surface area (Å²) in [6.07, 6.45) is 2.49. The lowest BCUT2D eigenvalue weighted by atomic mass is 10.1. The second-order valence-corrected chi connectivity index (χ2v) is 4.00. The minimum atomic E-state index is -0.866. The highest BCUT2D eigenvalue weighted by Crippen LogP contribution is 2.17. The summed E-state index contributed by atoms with van der Waals surface area (Å²) >= 11 is 0. The van der Waals surface area contributed by atoms with Gasteiger partial charge in [0.05, 0.1) is 12.2 Å². The molecule has 2 heterocycles. The molecule has 2 aromatic rings. The van der Waals surface area contributed by atoms with Gasteiger partial charge in [-0.2, -0.15) is 0 Å². The Kier molecular flexibility index (Phi) is 3.89. The maximum Gasteiger partial charge on any atom is 0.168 e. The van der Waals surface area contributed by atoms with E-state index in [2.05, 4.69) is 15.3 Å². The third kappa shape index (κ3) is 2.96. The predicted octanol–water partition coefficient (Wildman–Crippen LogP) is 2.51. The minimum absolute atomic E-state index is 0.0772. The quantitative estimate of drug-likeness (QED) is 0.890. The van der Waals surface area contributed by atoms with Crippen LogP contribution in [0.1, 0.15) is 18.2 Å². The Labute approximate surface area is 109 Å². The van der Waals surface area contributed by atoms with Gasteiger partial charge in [-0.1, -0.05) is 13.0 Å². The normalized spacial score (nSPS) is 10.5. The number of nitrogens with two attached hydrogens (primary N) is 1. The second-order valence-electron chi connectivity index (χ2n) is 4.00. The standard InChI is InChI=1S/C13H14F2N4/c1-2-8-4-3-5-17-11(8)7-18-13-10(15)6-9(14)12(16)19-13/h3-6H,2,7H2,1H3,(H3,16,18,19). The van der Waals surface area contributed by atoms with Gasteiger partial charge in [0.15, 0.2) is 23.3 Å². The molecule has 0 aliphatic heterocycles. The van der Waals surface area contributed by atoms with E-state index >= 15 is 0 Å². The van der Waals surface area contributed by atoms with Gasteiger partial charge in [0.25, 0.3) is 0 Å². The van der Waals surface area contributed by atoms with Gasteiger partial charge in [-0.3, -0.25) is 4.98 Å². The molecule has 0 saturated heterocycles. The van der Waals surface area contributed by atoms with E-state index in [-0.39, 0.29) is 11.6 Å². The first-order valence-corrected chi connectivity index (χ1v) is 5.90. The fourth-order valence-electron chi connectivity index (χ4n) is 1.72. The number of nitrogens with one attached hydrogen (secondary N) is 1. The number of aryl methyl sites for hydroxylation is 1. The zero-order valence-electron chi connectivity index (χ0n) is 10.5. The number of rotatable bonds is 4. The Morgan fingerprint density at radius 1 is 1.32 bits per heavy atom. The number of nitrogens with zero attached hydrogens (tertiary/aromatic N) is 2. The van der Waals surface area contributed by atoms with Crippen molar-refractivity contribution in [2.24, 2.45) is 0 Å². The van der Waals surface area contributed by atoms with Crippen LogP contribution in [0.3, 0.4) is 0 Å². The fraction of sp³-hybridized carbons (Fsp3) is 0.231. The highest BCUT2D eigenvalue weighted by Gasteiger charge is 2.10. The Bertz CT molecular complexity index is 587. The first-order valence-electron chi connectivity index (χ1n) is 5.90. The summed E-state index contributed by atoms with van der Waals surface area (Å²) in [6, 6.07) is 4.51. The third-order valence-electron chi connectivity index (χ3n) is 2.75. The molecule has 3 N–H and O–H groups in total. The van der Waals surface area contributed by atoms with E-state index in [0.29, 0.717) is 12.6 Å². The predicted molar refractivity (Wildman–Crippen MR) is 69.5 cm³/mol.